The summed E-state index contributed by atoms with van der Waals surface area (Å²) in [5.74, 6) is -2.30. The zero-order valence-corrected chi connectivity index (χ0v) is 21.7. The summed E-state index contributed by atoms with van der Waals surface area (Å²) in [6, 6.07) is 1.17. The van der Waals surface area contributed by atoms with Gasteiger partial charge in [-0.15, -0.1) is 0 Å². The highest BCUT2D eigenvalue weighted by molar-refractivity contribution is 7.89. The number of piperidine rings is 1. The van der Waals surface area contributed by atoms with E-state index >= 15 is 0 Å². The normalized spacial score (nSPS) is 25.1. The molecule has 208 valence electrons. The van der Waals surface area contributed by atoms with Gasteiger partial charge in [-0.05, 0) is 43.2 Å². The molecule has 0 spiro atoms. The Labute approximate surface area is 220 Å². The third-order valence-electron chi connectivity index (χ3n) is 7.63. The molecule has 2 N–H and O–H groups in total. The topological polar surface area (TPSA) is 106 Å². The first-order valence-electron chi connectivity index (χ1n) is 12.9. The van der Waals surface area contributed by atoms with Gasteiger partial charge >= 0.3 is 0 Å². The Morgan fingerprint density at radius 2 is 1.79 bits per heavy atom. The summed E-state index contributed by atoms with van der Waals surface area (Å²) in [5, 5.41) is 5.85. The lowest BCUT2D eigenvalue weighted by atomic mass is 9.93. The average Bonchev–Trinajstić information content (AvgIpc) is 3.61. The molecule has 3 aliphatic rings. The number of rotatable bonds is 9. The number of hydrogen-bond acceptors (Lipinski definition) is 8. The smallest absolute Gasteiger partial charge is 0.223 e. The highest BCUT2D eigenvalue weighted by Crippen LogP contribution is 2.29. The lowest BCUT2D eigenvalue weighted by Crippen LogP contribution is -2.43. The third kappa shape index (κ3) is 6.05. The summed E-state index contributed by atoms with van der Waals surface area (Å²) in [6.07, 6.45) is 6.05. The molecule has 0 saturated carbocycles. The van der Waals surface area contributed by atoms with E-state index in [-0.39, 0.29) is 18.2 Å². The lowest BCUT2D eigenvalue weighted by molar-refractivity contribution is 0.196. The van der Waals surface area contributed by atoms with Gasteiger partial charge in [0.25, 0.3) is 0 Å². The quantitative estimate of drug-likeness (QED) is 0.455. The number of halogens is 3. The molecule has 4 heterocycles. The van der Waals surface area contributed by atoms with Crippen LogP contribution in [0.25, 0.3) is 0 Å². The van der Waals surface area contributed by atoms with Crippen LogP contribution in [-0.2, 0) is 14.8 Å². The van der Waals surface area contributed by atoms with E-state index in [0.717, 1.165) is 25.3 Å². The molecule has 3 atom stereocenters. The summed E-state index contributed by atoms with van der Waals surface area (Å²) in [5.41, 5.74) is 0.0994. The molecule has 0 radical (unpaired) electrons. The first-order chi connectivity index (χ1) is 18.3. The number of ether oxygens (including phenoxy) is 2. The Hall–Kier alpha value is -2.48. The van der Waals surface area contributed by atoms with E-state index in [9.17, 15) is 21.6 Å². The van der Waals surface area contributed by atoms with E-state index in [0.29, 0.717) is 69.5 Å². The van der Waals surface area contributed by atoms with Gasteiger partial charge in [0.05, 0.1) is 25.6 Å². The van der Waals surface area contributed by atoms with Crippen molar-refractivity contribution in [3.05, 3.63) is 47.5 Å². The maximum atomic E-state index is 14.3. The zero-order valence-electron chi connectivity index (χ0n) is 20.9. The summed E-state index contributed by atoms with van der Waals surface area (Å²) in [4.78, 5) is 8.56. The van der Waals surface area contributed by atoms with Crippen molar-refractivity contribution in [3.63, 3.8) is 0 Å². The fraction of sp³-hybridized carbons (Fsp3) is 0.600. The highest BCUT2D eigenvalue weighted by atomic mass is 32.2. The molecular weight excluding hydrogens is 523 g/mol. The molecule has 13 heteroatoms. The largest absolute Gasteiger partial charge is 0.490 e. The van der Waals surface area contributed by atoms with Gasteiger partial charge in [-0.1, -0.05) is 0 Å². The van der Waals surface area contributed by atoms with Gasteiger partial charge in [0.15, 0.2) is 17.4 Å². The molecule has 0 aliphatic carbocycles. The monoisotopic (exact) mass is 555 g/mol. The van der Waals surface area contributed by atoms with Gasteiger partial charge in [0.2, 0.25) is 16.0 Å². The molecule has 0 unspecified atom stereocenters. The standard InChI is InChI=1S/C25H32F3N5O4S/c26-21-10-23(28)22(27)9-19(21)20-13-29-14-24(20)32-25-30-11-17(12-31-25)37-8-3-16-1-5-33(6-2-16)38(34,35)18-4-7-36-15-18/h9-12,16,18,20,24,29H,1-8,13-15H2,(H,30,31,32)/t18-,20+,24-/m0/s1. The van der Waals surface area contributed by atoms with Crippen molar-refractivity contribution in [2.24, 2.45) is 5.92 Å². The molecule has 5 rings (SSSR count). The van der Waals surface area contributed by atoms with Crippen LogP contribution in [0.1, 0.15) is 37.2 Å². The first-order valence-corrected chi connectivity index (χ1v) is 14.4. The van der Waals surface area contributed by atoms with Crippen LogP contribution in [0.2, 0.25) is 0 Å². The van der Waals surface area contributed by atoms with Crippen molar-refractivity contribution in [3.8, 4) is 5.75 Å². The molecule has 1 aromatic heterocycles. The average molecular weight is 556 g/mol. The van der Waals surface area contributed by atoms with Crippen LogP contribution in [0.15, 0.2) is 24.5 Å². The number of aromatic nitrogens is 2. The van der Waals surface area contributed by atoms with E-state index in [1.165, 1.54) is 0 Å². The molecular formula is C25H32F3N5O4S. The number of anilines is 1. The van der Waals surface area contributed by atoms with Crippen molar-refractivity contribution >= 4 is 16.0 Å². The van der Waals surface area contributed by atoms with Gasteiger partial charge in [-0.3, -0.25) is 0 Å². The van der Waals surface area contributed by atoms with Crippen molar-refractivity contribution < 1.29 is 31.1 Å². The van der Waals surface area contributed by atoms with Crippen molar-refractivity contribution in [2.75, 3.05) is 51.3 Å². The van der Waals surface area contributed by atoms with Crippen molar-refractivity contribution in [1.82, 2.24) is 19.6 Å². The minimum atomic E-state index is -3.29. The Morgan fingerprint density at radius 1 is 1.05 bits per heavy atom. The molecule has 3 saturated heterocycles. The van der Waals surface area contributed by atoms with Crippen molar-refractivity contribution in [1.29, 1.82) is 0 Å². The minimum Gasteiger partial charge on any atom is -0.490 e. The Bertz CT molecular complexity index is 1210. The molecule has 9 nitrogen and oxygen atoms in total. The summed E-state index contributed by atoms with van der Waals surface area (Å²) in [7, 11) is -3.29. The third-order valence-corrected chi connectivity index (χ3v) is 9.93. The minimum absolute atomic E-state index is 0.0994. The van der Waals surface area contributed by atoms with Gasteiger partial charge < -0.3 is 20.1 Å². The Balaban J connectivity index is 1.07. The second kappa shape index (κ2) is 11.7. The van der Waals surface area contributed by atoms with Gasteiger partial charge in [0, 0.05) is 50.8 Å². The molecule has 0 bridgehead atoms. The van der Waals surface area contributed by atoms with E-state index < -0.39 is 38.6 Å². The number of nitrogens with zero attached hydrogens (tertiary/aromatic N) is 3. The van der Waals surface area contributed by atoms with Crippen LogP contribution < -0.4 is 15.4 Å². The number of hydrogen-bond donors (Lipinski definition) is 2. The lowest BCUT2D eigenvalue weighted by Gasteiger charge is -2.32. The van der Waals surface area contributed by atoms with Crippen LogP contribution in [-0.4, -0.2) is 80.0 Å². The van der Waals surface area contributed by atoms with Gasteiger partial charge in [-0.2, -0.15) is 0 Å². The van der Waals surface area contributed by atoms with Crippen LogP contribution >= 0.6 is 0 Å². The maximum Gasteiger partial charge on any atom is 0.223 e. The molecule has 2 aromatic rings. The molecule has 38 heavy (non-hydrogen) atoms. The van der Waals surface area contributed by atoms with E-state index in [1.54, 1.807) is 16.7 Å². The molecule has 3 aliphatic heterocycles. The van der Waals surface area contributed by atoms with Crippen LogP contribution in [0.4, 0.5) is 19.1 Å². The van der Waals surface area contributed by atoms with Crippen molar-refractivity contribution in [2.45, 2.75) is 42.9 Å². The fourth-order valence-electron chi connectivity index (χ4n) is 5.36. The second-order valence-electron chi connectivity index (χ2n) is 10.1. The van der Waals surface area contributed by atoms with Crippen LogP contribution in [0.3, 0.4) is 0 Å². The zero-order chi connectivity index (χ0) is 26.7. The van der Waals surface area contributed by atoms with Crippen LogP contribution in [0.5, 0.6) is 5.75 Å². The number of nitrogens with one attached hydrogen (secondary N) is 2. The van der Waals surface area contributed by atoms with Gasteiger partial charge in [0.1, 0.15) is 11.1 Å². The predicted octanol–water partition coefficient (Wildman–Crippen LogP) is 2.66. The van der Waals surface area contributed by atoms with E-state index in [4.69, 9.17) is 9.47 Å². The number of sulfonamides is 1. The fourth-order valence-corrected chi connectivity index (χ4v) is 7.17. The molecule has 1 aromatic carbocycles. The summed E-state index contributed by atoms with van der Waals surface area (Å²) in [6.45, 7) is 3.20. The Morgan fingerprint density at radius 3 is 2.50 bits per heavy atom. The predicted molar refractivity (Wildman–Crippen MR) is 134 cm³/mol. The van der Waals surface area contributed by atoms with Crippen LogP contribution in [0, 0.1) is 23.4 Å². The van der Waals surface area contributed by atoms with E-state index in [1.807, 2.05) is 0 Å². The summed E-state index contributed by atoms with van der Waals surface area (Å²) >= 11 is 0. The SMILES string of the molecule is O=S(=O)([C@H]1CCOC1)N1CCC(CCOc2cnc(N[C@H]3CNC[C@@H]3c3cc(F)c(F)cc3F)nc2)CC1. The van der Waals surface area contributed by atoms with Gasteiger partial charge in [-0.25, -0.2) is 35.9 Å². The second-order valence-corrected chi connectivity index (χ2v) is 12.3. The Kier molecular flexibility index (Phi) is 8.36. The van der Waals surface area contributed by atoms with E-state index in [2.05, 4.69) is 20.6 Å². The first kappa shape index (κ1) is 27.1. The summed E-state index contributed by atoms with van der Waals surface area (Å²) < 4.78 is 79.4. The highest BCUT2D eigenvalue weighted by Gasteiger charge is 2.37. The maximum absolute atomic E-state index is 14.3. The molecule has 3 fully saturated rings. The molecule has 0 amide bonds. The number of benzene rings is 1.